The number of hydrogen-bond acceptors (Lipinski definition) is 1. The quantitative estimate of drug-likeness (QED) is 0.193. The van der Waals surface area contributed by atoms with Crippen LogP contribution in [0.15, 0.2) is 0 Å². The first-order chi connectivity index (χ1) is 10.2. The fourth-order valence-corrected chi connectivity index (χ4v) is 16.7. The van der Waals surface area contributed by atoms with Crippen LogP contribution in [-0.2, 0) is 3.07 Å². The van der Waals surface area contributed by atoms with E-state index in [0.717, 1.165) is 6.61 Å². The van der Waals surface area contributed by atoms with Gasteiger partial charge in [0.15, 0.2) is 0 Å². The summed E-state index contributed by atoms with van der Waals surface area (Å²) in [6.45, 7) is 10.4. The van der Waals surface area contributed by atoms with Gasteiger partial charge in [0.2, 0.25) is 0 Å². The van der Waals surface area contributed by atoms with Crippen LogP contribution in [0.2, 0.25) is 13.3 Å². The van der Waals surface area contributed by atoms with E-state index in [2.05, 4.69) is 27.7 Å². The Labute approximate surface area is 140 Å². The molecule has 0 spiro atoms. The predicted molar refractivity (Wildman–Crippen MR) is 99.6 cm³/mol. The number of rotatable bonds is 16. The van der Waals surface area contributed by atoms with E-state index in [0.29, 0.717) is 0 Å². The Bertz CT molecular complexity index is 184. The standard InChI is InChI=1S/C7H15O.3C4H9.Sn/c1-2-3-4-5-6-7-8;3*1-3-4-2;/h2-7H2,1H3;3*1,3-4H2,2H3;/q-1;;;;+1. The number of hydrogen-bond donors (Lipinski definition) is 0. The summed E-state index contributed by atoms with van der Waals surface area (Å²) >= 11 is -2.26. The molecule has 2 heteroatoms. The topological polar surface area (TPSA) is 9.23 Å². The van der Waals surface area contributed by atoms with Crippen molar-refractivity contribution >= 4 is 18.8 Å². The van der Waals surface area contributed by atoms with E-state index in [1.54, 1.807) is 0 Å². The van der Waals surface area contributed by atoms with Gasteiger partial charge in [0, 0.05) is 0 Å². The average Bonchev–Trinajstić information content (AvgIpc) is 2.51. The Morgan fingerprint density at radius 3 is 1.38 bits per heavy atom. The molecule has 0 heterocycles. The van der Waals surface area contributed by atoms with Crippen LogP contribution in [0.25, 0.3) is 0 Å². The Balaban J connectivity index is 4.28. The van der Waals surface area contributed by atoms with Crippen LogP contribution < -0.4 is 0 Å². The summed E-state index contributed by atoms with van der Waals surface area (Å²) in [6.07, 6.45) is 15.1. The average molecular weight is 405 g/mol. The molecule has 0 aliphatic heterocycles. The molecule has 1 nitrogen and oxygen atoms in total. The third-order valence-electron chi connectivity index (χ3n) is 4.61. The molecule has 0 N–H and O–H groups in total. The van der Waals surface area contributed by atoms with E-state index in [9.17, 15) is 0 Å². The molecule has 0 amide bonds. The molecule has 0 aromatic heterocycles. The van der Waals surface area contributed by atoms with E-state index in [4.69, 9.17) is 3.07 Å². The molecular weight excluding hydrogens is 363 g/mol. The van der Waals surface area contributed by atoms with Crippen LogP contribution in [0.3, 0.4) is 0 Å². The van der Waals surface area contributed by atoms with Crippen LogP contribution >= 0.6 is 0 Å². The van der Waals surface area contributed by atoms with Gasteiger partial charge in [-0.15, -0.1) is 0 Å². The minimum atomic E-state index is -2.26. The number of unbranched alkanes of at least 4 members (excludes halogenated alkanes) is 7. The van der Waals surface area contributed by atoms with Gasteiger partial charge < -0.3 is 0 Å². The molecule has 0 aliphatic rings. The van der Waals surface area contributed by atoms with E-state index in [-0.39, 0.29) is 0 Å². The minimum absolute atomic E-state index is 1.08. The zero-order valence-corrected chi connectivity index (χ0v) is 18.4. The molecule has 0 aliphatic carbocycles. The van der Waals surface area contributed by atoms with E-state index in [1.807, 2.05) is 0 Å². The molecule has 0 unspecified atom stereocenters. The molecule has 0 saturated heterocycles. The van der Waals surface area contributed by atoms with Gasteiger partial charge in [0.1, 0.15) is 0 Å². The Kier molecular flexibility index (Phi) is 16.2. The molecule has 0 radical (unpaired) electrons. The molecule has 21 heavy (non-hydrogen) atoms. The van der Waals surface area contributed by atoms with E-state index >= 15 is 0 Å². The van der Waals surface area contributed by atoms with Crippen LogP contribution in [0, 0.1) is 0 Å². The van der Waals surface area contributed by atoms with Crippen molar-refractivity contribution in [2.45, 2.75) is 112 Å². The predicted octanol–water partition coefficient (Wildman–Crippen LogP) is 7.32. The molecule has 128 valence electrons. The first-order valence-electron chi connectivity index (χ1n) is 9.88. The van der Waals surface area contributed by atoms with Gasteiger partial charge in [-0.25, -0.2) is 0 Å². The molecule has 0 atom stereocenters. The fourth-order valence-electron chi connectivity index (χ4n) is 3.08. The maximum atomic E-state index is 6.73. The van der Waals surface area contributed by atoms with Crippen LogP contribution in [0.5, 0.6) is 0 Å². The third kappa shape index (κ3) is 11.9. The second-order valence-corrected chi connectivity index (χ2v) is 18.6. The van der Waals surface area contributed by atoms with Gasteiger partial charge in [0.25, 0.3) is 0 Å². The summed E-state index contributed by atoms with van der Waals surface area (Å²) in [4.78, 5) is 0. The first kappa shape index (κ1) is 21.8. The van der Waals surface area contributed by atoms with Crippen molar-refractivity contribution in [3.63, 3.8) is 0 Å². The van der Waals surface area contributed by atoms with Crippen LogP contribution in [-0.4, -0.2) is 25.4 Å². The first-order valence-corrected chi connectivity index (χ1v) is 17.1. The van der Waals surface area contributed by atoms with Crippen molar-refractivity contribution in [1.29, 1.82) is 0 Å². The second-order valence-electron chi connectivity index (χ2n) is 6.76. The van der Waals surface area contributed by atoms with Gasteiger partial charge in [-0.2, -0.15) is 0 Å². The Hall–Kier alpha value is 0.759. The summed E-state index contributed by atoms with van der Waals surface area (Å²) in [7, 11) is 0. The molecule has 0 rings (SSSR count). The van der Waals surface area contributed by atoms with Gasteiger partial charge in [-0.1, -0.05) is 0 Å². The zero-order valence-electron chi connectivity index (χ0n) is 15.5. The monoisotopic (exact) mass is 406 g/mol. The van der Waals surface area contributed by atoms with Crippen molar-refractivity contribution in [2.24, 2.45) is 0 Å². The van der Waals surface area contributed by atoms with Crippen molar-refractivity contribution in [2.75, 3.05) is 6.61 Å². The summed E-state index contributed by atoms with van der Waals surface area (Å²) in [6, 6.07) is 0. The van der Waals surface area contributed by atoms with E-state index < -0.39 is 18.8 Å². The fraction of sp³-hybridized carbons (Fsp3) is 1.00. The normalized spacial score (nSPS) is 12.0. The van der Waals surface area contributed by atoms with Crippen molar-refractivity contribution in [3.05, 3.63) is 0 Å². The van der Waals surface area contributed by atoms with Crippen molar-refractivity contribution < 1.29 is 3.07 Å². The van der Waals surface area contributed by atoms with Crippen LogP contribution in [0.1, 0.15) is 98.3 Å². The summed E-state index contributed by atoms with van der Waals surface area (Å²) < 4.78 is 11.2. The molecule has 0 bridgehead atoms. The molecule has 0 aromatic carbocycles. The van der Waals surface area contributed by atoms with E-state index in [1.165, 1.54) is 83.9 Å². The van der Waals surface area contributed by atoms with Gasteiger partial charge in [-0.3, -0.25) is 0 Å². The molecule has 0 saturated carbocycles. The van der Waals surface area contributed by atoms with Crippen LogP contribution in [0.4, 0.5) is 0 Å². The summed E-state index contributed by atoms with van der Waals surface area (Å²) in [5.74, 6) is 0. The second kappa shape index (κ2) is 15.6. The van der Waals surface area contributed by atoms with Crippen molar-refractivity contribution in [3.8, 4) is 0 Å². The van der Waals surface area contributed by atoms with Gasteiger partial charge in [0.05, 0.1) is 0 Å². The summed E-state index contributed by atoms with van der Waals surface area (Å²) in [5, 5.41) is 0. The zero-order chi connectivity index (χ0) is 15.8. The van der Waals surface area contributed by atoms with Crippen molar-refractivity contribution in [1.82, 2.24) is 0 Å². The van der Waals surface area contributed by atoms with Gasteiger partial charge in [-0.05, 0) is 0 Å². The summed E-state index contributed by atoms with van der Waals surface area (Å²) in [5.41, 5.74) is 0. The van der Waals surface area contributed by atoms with Gasteiger partial charge >= 0.3 is 140 Å². The Morgan fingerprint density at radius 1 is 0.524 bits per heavy atom. The molecular formula is C19H42OSn. The third-order valence-corrected chi connectivity index (χ3v) is 17.8. The maximum absolute atomic E-state index is 6.73. The SMILES string of the molecule is CCCCCCC[O][Sn]([CH2]CCC)([CH2]CCC)[CH2]CCC. The Morgan fingerprint density at radius 2 is 0.952 bits per heavy atom. The molecule has 0 aromatic rings. The molecule has 0 fully saturated rings.